The fourth-order valence-electron chi connectivity index (χ4n) is 16.9. The first kappa shape index (κ1) is 95.2. The zero-order chi connectivity index (χ0) is 93.1. The number of anilines is 6. The van der Waals surface area contributed by atoms with E-state index in [1.54, 1.807) is 0 Å². The largest absolute Gasteiger partial charge is 0.384 e. The molecule has 18 rings (SSSR count). The maximum Gasteiger partial charge on any atom is 0.0998 e. The van der Waals surface area contributed by atoms with E-state index in [9.17, 15) is 21.0 Å². The molecule has 3 fully saturated rings. The van der Waals surface area contributed by atoms with E-state index in [1.165, 1.54) is 55.1 Å². The van der Waals surface area contributed by atoms with Gasteiger partial charge in [0, 0.05) is 140 Å². The van der Waals surface area contributed by atoms with Crippen LogP contribution in [0.2, 0.25) is 0 Å². The summed E-state index contributed by atoms with van der Waals surface area (Å²) in [6.07, 6.45) is 2.30. The summed E-state index contributed by atoms with van der Waals surface area (Å²) in [7, 11) is 6.20. The van der Waals surface area contributed by atoms with Gasteiger partial charge in [-0.1, -0.05) is 214 Å². The van der Waals surface area contributed by atoms with Crippen molar-refractivity contribution >= 4 is 66.4 Å². The van der Waals surface area contributed by atoms with Gasteiger partial charge in [-0.05, 0) is 260 Å². The van der Waals surface area contributed by atoms with Crippen molar-refractivity contribution in [2.75, 3.05) is 169 Å². The van der Waals surface area contributed by atoms with E-state index in [-0.39, 0.29) is 0 Å². The molecule has 1 N–H and O–H groups in total. The summed E-state index contributed by atoms with van der Waals surface area (Å²) < 4.78 is 10.8. The third-order valence-corrected chi connectivity index (χ3v) is 24.3. The zero-order valence-electron chi connectivity index (χ0n) is 77.4. The van der Waals surface area contributed by atoms with E-state index in [1.807, 2.05) is 172 Å². The average Bonchev–Trinajstić information content (AvgIpc) is 0.799. The van der Waals surface area contributed by atoms with E-state index in [2.05, 4.69) is 281 Å². The molecule has 16 heteroatoms. The highest BCUT2D eigenvalue weighted by atomic mass is 16.5. The molecule has 133 heavy (non-hydrogen) atoms. The molecule has 0 atom stereocenters. The van der Waals surface area contributed by atoms with Gasteiger partial charge < -0.3 is 44.2 Å². The summed E-state index contributed by atoms with van der Waals surface area (Å²) in [5.74, 6) is 0. The fourth-order valence-corrected chi connectivity index (χ4v) is 16.9. The molecule has 15 aromatic rings. The van der Waals surface area contributed by atoms with Crippen LogP contribution in [0.4, 0.5) is 34.1 Å². The molecule has 3 aliphatic rings. The molecular formula is C117H116N14O2. The molecule has 3 aliphatic heterocycles. The maximum absolute atomic E-state index is 9.34. The second kappa shape index (κ2) is 48.9. The van der Waals surface area contributed by atoms with Gasteiger partial charge in [0.25, 0.3) is 0 Å². The first-order valence-corrected chi connectivity index (χ1v) is 46.1. The van der Waals surface area contributed by atoms with Crippen molar-refractivity contribution in [3.05, 3.63) is 361 Å². The SMILES string of the molecule is CCCN(CCC)c1ccc(-c2ccccc2C#N)cc1.CCN(CC)c1ccc(-c2ccccc2C#N)cc1.CN(C)c1ccc(-c2ccccc2C#N)cc1.CN1CCN(c2ccc3cc(-c4ccccc4C#N)ccc3c2)CC1.N#Cc1ccccc1-c1ccc2cc(N3CCOCC3)ccc2c1.N#Cc1ccccc1-c1ccc2cc(NCCN3CCOCC3)ccc2c1. The van der Waals surface area contributed by atoms with Crippen LogP contribution in [0.5, 0.6) is 0 Å². The molecule has 0 bridgehead atoms. The van der Waals surface area contributed by atoms with Gasteiger partial charge in [0.1, 0.15) is 0 Å². The summed E-state index contributed by atoms with van der Waals surface area (Å²) >= 11 is 0. The first-order chi connectivity index (χ1) is 65.2. The van der Waals surface area contributed by atoms with Crippen LogP contribution in [0.1, 0.15) is 73.9 Å². The second-order valence-electron chi connectivity index (χ2n) is 33.2. The van der Waals surface area contributed by atoms with Crippen molar-refractivity contribution in [1.29, 1.82) is 31.6 Å². The van der Waals surface area contributed by atoms with Crippen molar-refractivity contribution in [3.8, 4) is 103 Å². The summed E-state index contributed by atoms with van der Waals surface area (Å²) in [6, 6.07) is 124. The Balaban J connectivity index is 0.000000136. The number of hydrogen-bond acceptors (Lipinski definition) is 16. The fraction of sp³-hybridized carbons (Fsp3) is 0.231. The lowest BCUT2D eigenvalue weighted by Crippen LogP contribution is -2.44. The van der Waals surface area contributed by atoms with Crippen LogP contribution in [-0.2, 0) is 9.47 Å². The summed E-state index contributed by atoms with van der Waals surface area (Å²) in [5.41, 5.74) is 24.1. The molecule has 15 aromatic carbocycles. The minimum atomic E-state index is 0.707. The zero-order valence-corrected chi connectivity index (χ0v) is 77.4. The van der Waals surface area contributed by atoms with E-state index < -0.39 is 0 Å². The van der Waals surface area contributed by atoms with Crippen LogP contribution < -0.4 is 29.8 Å². The maximum atomic E-state index is 9.34. The van der Waals surface area contributed by atoms with Crippen LogP contribution in [0.3, 0.4) is 0 Å². The number of hydrogen-bond donors (Lipinski definition) is 1. The molecule has 3 saturated heterocycles. The number of piperazine rings is 1. The Morgan fingerprint density at radius 3 is 0.940 bits per heavy atom. The van der Waals surface area contributed by atoms with Gasteiger partial charge in [0.2, 0.25) is 0 Å². The van der Waals surface area contributed by atoms with Crippen LogP contribution in [0, 0.1) is 68.0 Å². The molecule has 3 heterocycles. The number of morpholine rings is 2. The summed E-state index contributed by atoms with van der Waals surface area (Å²) in [4.78, 5) is 16.4. The monoisotopic (exact) mass is 1750 g/mol. The van der Waals surface area contributed by atoms with Crippen molar-refractivity contribution < 1.29 is 9.47 Å². The number of benzene rings is 15. The molecule has 0 amide bonds. The number of ether oxygens (including phenoxy) is 2. The van der Waals surface area contributed by atoms with Gasteiger partial charge in [-0.15, -0.1) is 0 Å². The van der Waals surface area contributed by atoms with E-state index in [0.717, 1.165) is 226 Å². The van der Waals surface area contributed by atoms with Gasteiger partial charge in [0.05, 0.1) is 96.2 Å². The topological polar surface area (TPSA) is 196 Å². The number of fused-ring (bicyclic) bond motifs is 3. The molecule has 0 radical (unpaired) electrons. The van der Waals surface area contributed by atoms with Crippen LogP contribution in [0.25, 0.3) is 99.1 Å². The number of likely N-dealkylation sites (N-methyl/N-ethyl adjacent to an activating group) is 1. The minimum Gasteiger partial charge on any atom is -0.384 e. The van der Waals surface area contributed by atoms with Gasteiger partial charge in [0.15, 0.2) is 0 Å². The molecule has 666 valence electrons. The Morgan fingerprint density at radius 1 is 0.301 bits per heavy atom. The molecule has 0 aliphatic carbocycles. The predicted molar refractivity (Wildman–Crippen MR) is 551 cm³/mol. The second-order valence-corrected chi connectivity index (χ2v) is 33.2. The molecule has 0 spiro atoms. The number of nitriles is 6. The lowest BCUT2D eigenvalue weighted by Gasteiger charge is -2.34. The predicted octanol–water partition coefficient (Wildman–Crippen LogP) is 24.7. The van der Waals surface area contributed by atoms with Gasteiger partial charge >= 0.3 is 0 Å². The first-order valence-electron chi connectivity index (χ1n) is 46.1. The quantitative estimate of drug-likeness (QED) is 0.0712. The minimum absolute atomic E-state index is 0.707. The lowest BCUT2D eigenvalue weighted by molar-refractivity contribution is 0.0398. The molecular weight excluding hydrogens is 1630 g/mol. The van der Waals surface area contributed by atoms with Crippen LogP contribution in [-0.4, -0.2) is 149 Å². The van der Waals surface area contributed by atoms with Crippen LogP contribution >= 0.6 is 0 Å². The summed E-state index contributed by atoms with van der Waals surface area (Å²) in [5, 5.41) is 66.2. The van der Waals surface area contributed by atoms with Gasteiger partial charge in [-0.3, -0.25) is 4.90 Å². The Morgan fingerprint density at radius 2 is 0.594 bits per heavy atom. The van der Waals surface area contributed by atoms with Crippen molar-refractivity contribution in [2.24, 2.45) is 0 Å². The van der Waals surface area contributed by atoms with Gasteiger partial charge in [-0.25, -0.2) is 0 Å². The Bertz CT molecular complexity index is 6620. The third kappa shape index (κ3) is 25.6. The highest BCUT2D eigenvalue weighted by molar-refractivity contribution is 5.94. The van der Waals surface area contributed by atoms with Gasteiger partial charge in [-0.2, -0.15) is 31.6 Å². The smallest absolute Gasteiger partial charge is 0.0998 e. The highest BCUT2D eigenvalue weighted by Crippen LogP contribution is 2.36. The standard InChI is InChI=1S/C23H23N3O.C22H21N3.C21H18N2O.C19H22N2.C17H18N2.C15H14N2/c24-17-21-3-1-2-4-23(21)20-6-5-19-16-22(8-7-18(19)15-20)25-9-10-26-11-13-27-14-12-26;1-24-10-12-25(13-11-24)21-9-8-17-14-19(7-6-18(17)15-21)22-5-3-2-4-20(22)16-23;22-15-19-3-1-2-4-21(19)18-6-5-17-14-20(8-7-16(17)13-18)23-9-11-24-12-10-23;1-3-13-21(14-4-2)18-11-9-16(10-12-18)19-8-6-5-7-17(19)15-20;1-3-19(4-2)16-11-9-14(10-12-16)17-8-6-5-7-15(17)13-18;1-17(2)14-9-7-12(8-10-14)15-6-4-3-5-13(15)11-16/h1-8,15-16,25H,9-14H2;2-9,14-15H,10-13H2,1H3;1-8,13-14H,9-12H2;5-12H,3-4,13-14H2,1-2H3;5-12H,3-4H2,1-2H3;3-10H,1-2H3. The van der Waals surface area contributed by atoms with E-state index in [0.29, 0.717) is 16.7 Å². The van der Waals surface area contributed by atoms with Crippen LogP contribution in [0.15, 0.2) is 328 Å². The number of nitrogens with one attached hydrogen (secondary N) is 1. The van der Waals surface area contributed by atoms with E-state index in [4.69, 9.17) is 20.0 Å². The van der Waals surface area contributed by atoms with E-state index >= 15 is 0 Å². The third-order valence-electron chi connectivity index (χ3n) is 24.3. The Labute approximate surface area is 786 Å². The molecule has 16 nitrogen and oxygen atoms in total. The number of rotatable bonds is 21. The normalized spacial score (nSPS) is 12.8. The number of nitrogens with zero attached hydrogens (tertiary/aromatic N) is 13. The Hall–Kier alpha value is -15.3. The molecule has 0 saturated carbocycles. The highest BCUT2D eigenvalue weighted by Gasteiger charge is 2.19. The average molecular weight is 1750 g/mol. The van der Waals surface area contributed by atoms with Crippen molar-refractivity contribution in [2.45, 2.75) is 40.5 Å². The Kier molecular flexibility index (Phi) is 35.0. The molecule has 0 aromatic heterocycles. The molecule has 0 unspecified atom stereocenters. The van der Waals surface area contributed by atoms with Crippen molar-refractivity contribution in [3.63, 3.8) is 0 Å². The van der Waals surface area contributed by atoms with Crippen molar-refractivity contribution in [1.82, 2.24) is 9.80 Å². The lowest BCUT2D eigenvalue weighted by atomic mass is 9.97. The summed E-state index contributed by atoms with van der Waals surface area (Å²) in [6.45, 7) is 26.4.